The van der Waals surface area contributed by atoms with E-state index in [2.05, 4.69) is 94.1 Å². The Kier molecular flexibility index (Phi) is 8.80. The summed E-state index contributed by atoms with van der Waals surface area (Å²) in [6.07, 6.45) is 16.5. The molecule has 3 aliphatic rings. The molecule has 0 aromatic heterocycles. The lowest BCUT2D eigenvalue weighted by molar-refractivity contribution is -0.121. The van der Waals surface area contributed by atoms with Crippen LogP contribution in [0.1, 0.15) is 89.5 Å². The van der Waals surface area contributed by atoms with Crippen molar-refractivity contribution in [3.8, 4) is 0 Å². The molecule has 3 aliphatic carbocycles. The predicted octanol–water partition coefficient (Wildman–Crippen LogP) is 9.57. The van der Waals surface area contributed by atoms with Crippen LogP contribution in [-0.4, -0.2) is 11.6 Å². The summed E-state index contributed by atoms with van der Waals surface area (Å²) in [7, 11) is 0. The number of carbonyl (C=O) groups excluding carboxylic acids is 2. The highest BCUT2D eigenvalue weighted by Gasteiger charge is 2.29. The molecule has 2 unspecified atom stereocenters. The van der Waals surface area contributed by atoms with Crippen LogP contribution in [0.5, 0.6) is 0 Å². The second-order valence-corrected chi connectivity index (χ2v) is 13.4. The van der Waals surface area contributed by atoms with Gasteiger partial charge < -0.3 is 0 Å². The smallest absolute Gasteiger partial charge is 0.192 e. The van der Waals surface area contributed by atoms with E-state index in [9.17, 15) is 9.59 Å². The topological polar surface area (TPSA) is 34.1 Å². The van der Waals surface area contributed by atoms with Crippen LogP contribution in [-0.2, 0) is 28.9 Å². The summed E-state index contributed by atoms with van der Waals surface area (Å²) in [4.78, 5) is 27.3. The Morgan fingerprint density at radius 1 is 0.864 bits per heavy atom. The van der Waals surface area contributed by atoms with Crippen molar-refractivity contribution in [1.29, 1.82) is 0 Å². The van der Waals surface area contributed by atoms with E-state index in [-0.39, 0.29) is 23.1 Å². The highest BCUT2D eigenvalue weighted by molar-refractivity contribution is 6.27. The highest BCUT2D eigenvalue weighted by Crippen LogP contribution is 2.40. The van der Waals surface area contributed by atoms with Crippen LogP contribution in [0.15, 0.2) is 103 Å². The van der Waals surface area contributed by atoms with Crippen molar-refractivity contribution in [3.63, 3.8) is 0 Å². The maximum absolute atomic E-state index is 13.7. The maximum atomic E-state index is 13.7. The number of ketones is 2. The third-order valence-corrected chi connectivity index (χ3v) is 9.99. The summed E-state index contributed by atoms with van der Waals surface area (Å²) in [5, 5.41) is 0. The van der Waals surface area contributed by atoms with Gasteiger partial charge >= 0.3 is 0 Å². The van der Waals surface area contributed by atoms with E-state index in [0.717, 1.165) is 17.5 Å². The number of hydrogen-bond donors (Lipinski definition) is 0. The maximum Gasteiger partial charge on any atom is 0.192 e. The fourth-order valence-electron chi connectivity index (χ4n) is 7.39. The molecule has 2 heteroatoms. The van der Waals surface area contributed by atoms with Gasteiger partial charge in [0.25, 0.3) is 0 Å². The molecule has 0 saturated heterocycles. The van der Waals surface area contributed by atoms with Gasteiger partial charge in [-0.05, 0) is 94.3 Å². The van der Waals surface area contributed by atoms with Gasteiger partial charge in [-0.3, -0.25) is 9.59 Å². The first-order chi connectivity index (χ1) is 21.3. The number of fused-ring (bicyclic) bond motifs is 1. The molecular formula is C42H44O2. The van der Waals surface area contributed by atoms with Gasteiger partial charge in [0.2, 0.25) is 0 Å². The molecule has 0 spiro atoms. The average molecular weight is 581 g/mol. The molecule has 0 N–H and O–H groups in total. The molecule has 2 atom stereocenters. The van der Waals surface area contributed by atoms with Crippen LogP contribution in [0.4, 0.5) is 0 Å². The van der Waals surface area contributed by atoms with E-state index >= 15 is 0 Å². The van der Waals surface area contributed by atoms with Crippen LogP contribution >= 0.6 is 0 Å². The zero-order valence-electron chi connectivity index (χ0n) is 26.5. The van der Waals surface area contributed by atoms with Gasteiger partial charge in [0.1, 0.15) is 0 Å². The number of Topliss-reactive ketones (excluding diaryl/α,β-unsaturated/α-hetero) is 2. The molecule has 224 valence electrons. The Balaban J connectivity index is 1.23. The largest absolute Gasteiger partial charge is 0.293 e. The quantitative estimate of drug-likeness (QED) is 0.187. The second kappa shape index (κ2) is 12.9. The molecule has 44 heavy (non-hydrogen) atoms. The lowest BCUT2D eigenvalue weighted by Gasteiger charge is -2.22. The van der Waals surface area contributed by atoms with Gasteiger partial charge in [0.05, 0.1) is 5.57 Å². The van der Waals surface area contributed by atoms with Crippen LogP contribution in [0.25, 0.3) is 5.57 Å². The Bertz CT molecular complexity index is 1710. The predicted molar refractivity (Wildman–Crippen MR) is 182 cm³/mol. The Labute approximate surface area is 263 Å². The standard InChI is InChI=1S/C42H44O2/c1-27-17-18-32(19-28(27)2)24-35-13-10-16-39(42(35)44)41(43)30(4)20-33-23-34(22-31-11-6-5-7-12-31)26-36(25-33)40-21-29(3)37-14-8-9-15-38(37)40/h8-10,13-19,21,23,25-26,29,31,35H,4-7,11-12,20,22,24H2,1-3H3. The van der Waals surface area contributed by atoms with Gasteiger partial charge in [-0.1, -0.05) is 124 Å². The summed E-state index contributed by atoms with van der Waals surface area (Å²) in [5.74, 6) is 0.410. The third kappa shape index (κ3) is 6.41. The van der Waals surface area contributed by atoms with E-state index in [1.807, 2.05) is 12.2 Å². The summed E-state index contributed by atoms with van der Waals surface area (Å²) in [6, 6.07) is 21.9. The van der Waals surface area contributed by atoms with Crippen molar-refractivity contribution >= 4 is 17.1 Å². The minimum absolute atomic E-state index is 0.106. The monoisotopic (exact) mass is 580 g/mol. The summed E-state index contributed by atoms with van der Waals surface area (Å²) in [6.45, 7) is 10.7. The van der Waals surface area contributed by atoms with Crippen molar-refractivity contribution in [1.82, 2.24) is 0 Å². The third-order valence-electron chi connectivity index (χ3n) is 9.99. The molecular weight excluding hydrogens is 536 g/mol. The molecule has 0 heterocycles. The fraction of sp³-hybridized carbons (Fsp3) is 0.333. The Hall–Kier alpha value is -4.04. The number of hydrogen-bond acceptors (Lipinski definition) is 2. The highest BCUT2D eigenvalue weighted by atomic mass is 16.1. The van der Waals surface area contributed by atoms with Crippen LogP contribution in [0.2, 0.25) is 0 Å². The Morgan fingerprint density at radius 2 is 1.64 bits per heavy atom. The SMILES string of the molecule is C=C(Cc1cc(CC2CCCCC2)cc(C2=CC(C)c3ccccc32)c1)C(=O)C1=CC=CC(Cc2ccc(C)c(C)c2)C1=O. The molecule has 6 rings (SSSR count). The molecule has 0 aliphatic heterocycles. The lowest BCUT2D eigenvalue weighted by atomic mass is 9.82. The molecule has 1 saturated carbocycles. The van der Waals surface area contributed by atoms with E-state index in [4.69, 9.17) is 0 Å². The molecule has 3 aromatic carbocycles. The summed E-state index contributed by atoms with van der Waals surface area (Å²) >= 11 is 0. The van der Waals surface area contributed by atoms with E-state index in [1.54, 1.807) is 6.08 Å². The van der Waals surface area contributed by atoms with Gasteiger partial charge in [0, 0.05) is 18.3 Å². The van der Waals surface area contributed by atoms with Gasteiger partial charge in [-0.25, -0.2) is 0 Å². The molecule has 3 aromatic rings. The van der Waals surface area contributed by atoms with Crippen LogP contribution in [0.3, 0.4) is 0 Å². The second-order valence-electron chi connectivity index (χ2n) is 13.4. The molecule has 1 fully saturated rings. The molecule has 0 amide bonds. The van der Waals surface area contributed by atoms with Crippen LogP contribution in [0, 0.1) is 25.7 Å². The van der Waals surface area contributed by atoms with Crippen molar-refractivity contribution < 1.29 is 9.59 Å². The van der Waals surface area contributed by atoms with Crippen molar-refractivity contribution in [2.45, 2.75) is 78.1 Å². The minimum Gasteiger partial charge on any atom is -0.293 e. The Morgan fingerprint density at radius 3 is 2.43 bits per heavy atom. The number of aryl methyl sites for hydroxylation is 2. The zero-order valence-corrected chi connectivity index (χ0v) is 26.5. The van der Waals surface area contributed by atoms with E-state index in [1.165, 1.54) is 71.1 Å². The number of benzene rings is 3. The normalized spacial score (nSPS) is 19.8. The molecule has 2 nitrogen and oxygen atoms in total. The average Bonchev–Trinajstić information content (AvgIpc) is 3.36. The fourth-order valence-corrected chi connectivity index (χ4v) is 7.39. The number of carbonyl (C=O) groups is 2. The summed E-state index contributed by atoms with van der Waals surface area (Å²) < 4.78 is 0. The van der Waals surface area contributed by atoms with Crippen molar-refractivity contribution in [2.75, 3.05) is 0 Å². The minimum atomic E-state index is -0.337. The van der Waals surface area contributed by atoms with Crippen LogP contribution < -0.4 is 0 Å². The molecule has 0 radical (unpaired) electrons. The van der Waals surface area contributed by atoms with Crippen molar-refractivity contribution in [3.05, 3.63) is 147 Å². The molecule has 0 bridgehead atoms. The van der Waals surface area contributed by atoms with Gasteiger partial charge in [-0.2, -0.15) is 0 Å². The van der Waals surface area contributed by atoms with Gasteiger partial charge in [-0.15, -0.1) is 0 Å². The lowest BCUT2D eigenvalue weighted by Crippen LogP contribution is -2.25. The van der Waals surface area contributed by atoms with E-state index in [0.29, 0.717) is 30.3 Å². The zero-order chi connectivity index (χ0) is 30.8. The number of allylic oxidation sites excluding steroid dienone is 6. The summed E-state index contributed by atoms with van der Waals surface area (Å²) in [5.41, 5.74) is 11.9. The van der Waals surface area contributed by atoms with E-state index < -0.39 is 0 Å². The van der Waals surface area contributed by atoms with Gasteiger partial charge in [0.15, 0.2) is 11.6 Å². The first-order valence-corrected chi connectivity index (χ1v) is 16.4. The van der Waals surface area contributed by atoms with Crippen molar-refractivity contribution in [2.24, 2.45) is 11.8 Å². The first kappa shape index (κ1) is 30.0. The number of rotatable bonds is 9. The first-order valence-electron chi connectivity index (χ1n) is 16.4.